The van der Waals surface area contributed by atoms with Crippen LogP contribution in [0, 0.1) is 0 Å². The van der Waals surface area contributed by atoms with Gasteiger partial charge in [-0.3, -0.25) is 0 Å². The van der Waals surface area contributed by atoms with Gasteiger partial charge in [0.05, 0.1) is 0 Å². The Kier molecular flexibility index (Phi) is 2.02. The number of para-hydroxylation sites is 1. The number of rotatable bonds is 1. The first-order valence-electron chi connectivity index (χ1n) is 2.94. The van der Waals surface area contributed by atoms with Gasteiger partial charge in [-0.15, -0.1) is 12.6 Å². The smallest absolute Gasteiger partial charge is 0.0398 e. The van der Waals surface area contributed by atoms with Crippen LogP contribution in [-0.2, 0) is 0 Å². The second kappa shape index (κ2) is 2.80. The summed E-state index contributed by atoms with van der Waals surface area (Å²) in [5.41, 5.74) is 7.24. The number of hydrogen-bond donors (Lipinski definition) is 2. The van der Waals surface area contributed by atoms with E-state index >= 15 is 0 Å². The molecule has 0 aromatic heterocycles. The highest BCUT2D eigenvalue weighted by atomic mass is 32.1. The van der Waals surface area contributed by atoms with E-state index in [1.807, 2.05) is 24.3 Å². The molecule has 0 spiro atoms. The van der Waals surface area contributed by atoms with Crippen molar-refractivity contribution < 1.29 is 0 Å². The van der Waals surface area contributed by atoms with E-state index < -0.39 is 0 Å². The van der Waals surface area contributed by atoms with Crippen LogP contribution in [0.4, 0.5) is 5.69 Å². The minimum absolute atomic E-state index is 0.707. The van der Waals surface area contributed by atoms with Gasteiger partial charge < -0.3 is 5.73 Å². The summed E-state index contributed by atoms with van der Waals surface area (Å²) in [5.74, 6) is 0. The summed E-state index contributed by atoms with van der Waals surface area (Å²) in [6, 6.07) is 7.52. The van der Waals surface area contributed by atoms with Crippen LogP contribution < -0.4 is 5.73 Å². The molecule has 10 heavy (non-hydrogen) atoms. The van der Waals surface area contributed by atoms with Crippen molar-refractivity contribution in [2.45, 2.75) is 0 Å². The number of nitrogen functional groups attached to an aromatic ring is 1. The van der Waals surface area contributed by atoms with Crippen LogP contribution in [0.3, 0.4) is 0 Å². The lowest BCUT2D eigenvalue weighted by Crippen LogP contribution is -1.88. The SMILES string of the molecule is C=C(S)c1ccccc1N. The van der Waals surface area contributed by atoms with Gasteiger partial charge in [0.15, 0.2) is 0 Å². The molecule has 0 saturated carbocycles. The second-order valence-corrected chi connectivity index (χ2v) is 2.57. The summed E-state index contributed by atoms with van der Waals surface area (Å²) in [4.78, 5) is 0.707. The predicted octanol–water partition coefficient (Wildman–Crippen LogP) is 2.17. The van der Waals surface area contributed by atoms with Gasteiger partial charge in [-0.05, 0) is 6.07 Å². The van der Waals surface area contributed by atoms with E-state index in [4.69, 9.17) is 5.73 Å². The molecular formula is C8H9NS. The first-order chi connectivity index (χ1) is 4.72. The fraction of sp³-hybridized carbons (Fsp3) is 0. The van der Waals surface area contributed by atoms with Crippen LogP contribution in [0.25, 0.3) is 4.91 Å². The molecule has 0 unspecified atom stereocenters. The van der Waals surface area contributed by atoms with Gasteiger partial charge in [0.2, 0.25) is 0 Å². The Morgan fingerprint density at radius 1 is 1.40 bits per heavy atom. The van der Waals surface area contributed by atoms with E-state index in [0.29, 0.717) is 4.91 Å². The van der Waals surface area contributed by atoms with Crippen molar-refractivity contribution in [3.8, 4) is 0 Å². The van der Waals surface area contributed by atoms with Crippen LogP contribution in [0.5, 0.6) is 0 Å². The monoisotopic (exact) mass is 151 g/mol. The van der Waals surface area contributed by atoms with Gasteiger partial charge in [-0.1, -0.05) is 24.8 Å². The first-order valence-corrected chi connectivity index (χ1v) is 3.39. The molecule has 0 fully saturated rings. The molecule has 0 bridgehead atoms. The number of nitrogens with two attached hydrogens (primary N) is 1. The van der Waals surface area contributed by atoms with E-state index in [0.717, 1.165) is 11.3 Å². The summed E-state index contributed by atoms with van der Waals surface area (Å²) < 4.78 is 0. The lowest BCUT2D eigenvalue weighted by Gasteiger charge is -2.01. The zero-order valence-electron chi connectivity index (χ0n) is 5.54. The molecule has 0 aliphatic heterocycles. The zero-order valence-corrected chi connectivity index (χ0v) is 6.44. The number of thiol groups is 1. The van der Waals surface area contributed by atoms with E-state index in [1.165, 1.54) is 0 Å². The maximum atomic E-state index is 5.61. The summed E-state index contributed by atoms with van der Waals surface area (Å²) >= 11 is 4.08. The fourth-order valence-corrected chi connectivity index (χ4v) is 0.963. The van der Waals surface area contributed by atoms with Crippen molar-refractivity contribution in [3.05, 3.63) is 36.4 Å². The molecule has 0 atom stereocenters. The Hall–Kier alpha value is -0.890. The third-order valence-electron chi connectivity index (χ3n) is 1.27. The Balaban J connectivity index is 3.15. The minimum Gasteiger partial charge on any atom is -0.398 e. The number of anilines is 1. The molecule has 2 N–H and O–H groups in total. The van der Waals surface area contributed by atoms with Crippen molar-refractivity contribution in [3.63, 3.8) is 0 Å². The minimum atomic E-state index is 0.707. The van der Waals surface area contributed by atoms with Gasteiger partial charge in [0, 0.05) is 16.2 Å². The molecule has 2 heteroatoms. The van der Waals surface area contributed by atoms with Gasteiger partial charge in [0.25, 0.3) is 0 Å². The van der Waals surface area contributed by atoms with Crippen molar-refractivity contribution in [1.29, 1.82) is 0 Å². The van der Waals surface area contributed by atoms with E-state index in [-0.39, 0.29) is 0 Å². The first kappa shape index (κ1) is 7.22. The predicted molar refractivity (Wildman–Crippen MR) is 48.9 cm³/mol. The highest BCUT2D eigenvalue weighted by molar-refractivity contribution is 7.90. The molecule has 1 rings (SSSR count). The van der Waals surface area contributed by atoms with E-state index in [9.17, 15) is 0 Å². The van der Waals surface area contributed by atoms with Crippen LogP contribution >= 0.6 is 12.6 Å². The number of benzene rings is 1. The van der Waals surface area contributed by atoms with Crippen molar-refractivity contribution >= 4 is 23.2 Å². The summed E-state index contributed by atoms with van der Waals surface area (Å²) in [7, 11) is 0. The Morgan fingerprint density at radius 2 is 2.00 bits per heavy atom. The van der Waals surface area contributed by atoms with Crippen molar-refractivity contribution in [2.24, 2.45) is 0 Å². The van der Waals surface area contributed by atoms with Crippen molar-refractivity contribution in [2.75, 3.05) is 5.73 Å². The molecule has 0 saturated heterocycles. The quantitative estimate of drug-likeness (QED) is 0.467. The summed E-state index contributed by atoms with van der Waals surface area (Å²) in [6.45, 7) is 3.67. The molecule has 1 aromatic rings. The lowest BCUT2D eigenvalue weighted by atomic mass is 10.2. The topological polar surface area (TPSA) is 26.0 Å². The van der Waals surface area contributed by atoms with Crippen LogP contribution in [0.15, 0.2) is 30.8 Å². The van der Waals surface area contributed by atoms with Gasteiger partial charge in [-0.25, -0.2) is 0 Å². The Labute approximate surface area is 66.0 Å². The highest BCUT2D eigenvalue weighted by Gasteiger charge is 1.95. The zero-order chi connectivity index (χ0) is 7.56. The molecule has 52 valence electrons. The van der Waals surface area contributed by atoms with E-state index in [1.54, 1.807) is 0 Å². The maximum Gasteiger partial charge on any atom is 0.0398 e. The van der Waals surface area contributed by atoms with E-state index in [2.05, 4.69) is 19.2 Å². The average molecular weight is 151 g/mol. The Bertz CT molecular complexity index is 255. The molecule has 0 radical (unpaired) electrons. The van der Waals surface area contributed by atoms with Crippen LogP contribution in [-0.4, -0.2) is 0 Å². The fourth-order valence-electron chi connectivity index (χ4n) is 0.760. The lowest BCUT2D eigenvalue weighted by molar-refractivity contribution is 1.64. The molecule has 0 heterocycles. The Morgan fingerprint density at radius 3 is 2.40 bits per heavy atom. The standard InChI is InChI=1S/C8H9NS/c1-6(10)7-4-2-3-5-8(7)9/h2-5,10H,1,9H2. The average Bonchev–Trinajstić information content (AvgIpc) is 1.88. The third-order valence-corrected chi connectivity index (χ3v) is 1.51. The van der Waals surface area contributed by atoms with Gasteiger partial charge in [0.1, 0.15) is 0 Å². The molecular weight excluding hydrogens is 142 g/mol. The molecule has 0 aliphatic rings. The number of hydrogen-bond acceptors (Lipinski definition) is 2. The van der Waals surface area contributed by atoms with Gasteiger partial charge >= 0.3 is 0 Å². The molecule has 0 amide bonds. The van der Waals surface area contributed by atoms with Gasteiger partial charge in [-0.2, -0.15) is 0 Å². The largest absolute Gasteiger partial charge is 0.398 e. The third kappa shape index (κ3) is 1.33. The van der Waals surface area contributed by atoms with Crippen LogP contribution in [0.2, 0.25) is 0 Å². The molecule has 0 aliphatic carbocycles. The summed E-state index contributed by atoms with van der Waals surface area (Å²) in [5, 5.41) is 0. The second-order valence-electron chi connectivity index (χ2n) is 2.03. The summed E-state index contributed by atoms with van der Waals surface area (Å²) in [6.07, 6.45) is 0. The van der Waals surface area contributed by atoms with Crippen LogP contribution in [0.1, 0.15) is 5.56 Å². The van der Waals surface area contributed by atoms with Crippen molar-refractivity contribution in [1.82, 2.24) is 0 Å². The highest BCUT2D eigenvalue weighted by Crippen LogP contribution is 2.21. The maximum absolute atomic E-state index is 5.61. The molecule has 1 nitrogen and oxygen atoms in total. The normalized spacial score (nSPS) is 9.30. The molecule has 1 aromatic carbocycles.